The fourth-order valence-corrected chi connectivity index (χ4v) is 2.96. The smallest absolute Gasteiger partial charge is 0.290 e. The van der Waals surface area contributed by atoms with E-state index in [-0.39, 0.29) is 20.6 Å². The van der Waals surface area contributed by atoms with Gasteiger partial charge < -0.3 is 9.64 Å². The lowest BCUT2D eigenvalue weighted by molar-refractivity contribution is -0.396. The van der Waals surface area contributed by atoms with Crippen LogP contribution >= 0.6 is 24.0 Å². The van der Waals surface area contributed by atoms with Crippen LogP contribution in [0.5, 0.6) is 5.88 Å². The molecule has 0 bridgehead atoms. The Labute approximate surface area is 151 Å². The molecule has 0 unspecified atom stereocenters. The molecule has 130 valence electrons. The number of hydrogen-bond acceptors (Lipinski definition) is 8. The molecule has 1 aromatic carbocycles. The minimum Gasteiger partial charge on any atom is -0.481 e. The van der Waals surface area contributed by atoms with Crippen LogP contribution in [-0.4, -0.2) is 33.3 Å². The number of hydrogen-bond donors (Lipinski definition) is 0. The number of nitro benzene ring substituents is 2. The summed E-state index contributed by atoms with van der Waals surface area (Å²) in [5.74, 6) is 0.903. The number of methoxy groups -OCH3 is 1. The van der Waals surface area contributed by atoms with E-state index in [0.717, 1.165) is 17.8 Å². The van der Waals surface area contributed by atoms with E-state index in [1.807, 2.05) is 0 Å². The standard InChI is InChI=1S/C14H12N4O5S2/c1-16(12-4-3-5-13(15-12)23-2)14(24)25-11-7-6-9(17(19)20)8-10(11)18(21)22/h3-8H,1-2H3. The Morgan fingerprint density at radius 2 is 1.96 bits per heavy atom. The number of nitrogens with zero attached hydrogens (tertiary/aromatic N) is 4. The average Bonchev–Trinajstić information content (AvgIpc) is 2.60. The first-order valence-electron chi connectivity index (χ1n) is 6.73. The van der Waals surface area contributed by atoms with Crippen LogP contribution in [0.25, 0.3) is 0 Å². The van der Waals surface area contributed by atoms with Crippen LogP contribution in [-0.2, 0) is 0 Å². The predicted molar refractivity (Wildman–Crippen MR) is 97.4 cm³/mol. The molecule has 0 N–H and O–H groups in total. The van der Waals surface area contributed by atoms with E-state index in [2.05, 4.69) is 4.98 Å². The van der Waals surface area contributed by atoms with Gasteiger partial charge in [-0.15, -0.1) is 0 Å². The number of aromatic nitrogens is 1. The van der Waals surface area contributed by atoms with E-state index in [9.17, 15) is 20.2 Å². The van der Waals surface area contributed by atoms with Crippen molar-refractivity contribution in [2.45, 2.75) is 4.90 Å². The van der Waals surface area contributed by atoms with Gasteiger partial charge in [0.15, 0.2) is 0 Å². The highest BCUT2D eigenvalue weighted by Crippen LogP contribution is 2.34. The third-order valence-corrected chi connectivity index (χ3v) is 4.62. The van der Waals surface area contributed by atoms with Crippen molar-refractivity contribution in [3.8, 4) is 5.88 Å². The summed E-state index contributed by atoms with van der Waals surface area (Å²) < 4.78 is 5.34. The van der Waals surface area contributed by atoms with Crippen molar-refractivity contribution in [2.75, 3.05) is 19.1 Å². The summed E-state index contributed by atoms with van der Waals surface area (Å²) in [5, 5.41) is 22.0. The van der Waals surface area contributed by atoms with E-state index in [1.54, 1.807) is 30.1 Å². The summed E-state index contributed by atoms with van der Waals surface area (Å²) in [5.41, 5.74) is -0.738. The highest BCUT2D eigenvalue weighted by molar-refractivity contribution is 8.23. The molecule has 0 atom stereocenters. The topological polar surface area (TPSA) is 112 Å². The van der Waals surface area contributed by atoms with Crippen molar-refractivity contribution in [1.29, 1.82) is 0 Å². The van der Waals surface area contributed by atoms with Gasteiger partial charge in [-0.2, -0.15) is 4.98 Å². The van der Waals surface area contributed by atoms with Crippen LogP contribution in [0.4, 0.5) is 17.2 Å². The van der Waals surface area contributed by atoms with E-state index in [4.69, 9.17) is 17.0 Å². The van der Waals surface area contributed by atoms with Gasteiger partial charge in [-0.25, -0.2) is 0 Å². The molecule has 0 aliphatic rings. The second-order valence-electron chi connectivity index (χ2n) is 4.63. The molecule has 0 saturated carbocycles. The fourth-order valence-electron chi connectivity index (χ4n) is 1.81. The number of thiocarbonyl (C=S) groups is 1. The Bertz CT molecular complexity index is 846. The molecule has 25 heavy (non-hydrogen) atoms. The minimum absolute atomic E-state index is 0.204. The van der Waals surface area contributed by atoms with Gasteiger partial charge in [0.05, 0.1) is 27.9 Å². The van der Waals surface area contributed by atoms with Crippen LogP contribution in [0.15, 0.2) is 41.3 Å². The Morgan fingerprint density at radius 3 is 2.56 bits per heavy atom. The maximum Gasteiger partial charge on any atom is 0.290 e. The molecular weight excluding hydrogens is 368 g/mol. The average molecular weight is 380 g/mol. The molecule has 1 heterocycles. The lowest BCUT2D eigenvalue weighted by atomic mass is 10.3. The summed E-state index contributed by atoms with van der Waals surface area (Å²) >= 11 is 6.25. The van der Waals surface area contributed by atoms with Gasteiger partial charge in [-0.05, 0) is 12.1 Å². The van der Waals surface area contributed by atoms with Crippen LogP contribution in [0.2, 0.25) is 0 Å². The Kier molecular flexibility index (Phi) is 5.83. The van der Waals surface area contributed by atoms with E-state index < -0.39 is 9.85 Å². The molecule has 11 heteroatoms. The molecule has 1 aromatic heterocycles. The number of non-ortho nitro benzene ring substituents is 1. The normalized spacial score (nSPS) is 10.2. The maximum absolute atomic E-state index is 11.2. The van der Waals surface area contributed by atoms with Crippen LogP contribution < -0.4 is 9.64 Å². The second-order valence-corrected chi connectivity index (χ2v) is 6.31. The zero-order valence-electron chi connectivity index (χ0n) is 13.1. The summed E-state index contributed by atoms with van der Waals surface area (Å²) in [6, 6.07) is 8.53. The minimum atomic E-state index is -0.688. The van der Waals surface area contributed by atoms with Gasteiger partial charge in [0.25, 0.3) is 11.4 Å². The van der Waals surface area contributed by atoms with E-state index in [0.29, 0.717) is 11.7 Å². The monoisotopic (exact) mass is 380 g/mol. The Hall–Kier alpha value is -2.79. The zero-order valence-corrected chi connectivity index (χ0v) is 14.7. The highest BCUT2D eigenvalue weighted by Gasteiger charge is 2.22. The number of ether oxygens (including phenoxy) is 1. The SMILES string of the molecule is COc1cccc(N(C)C(=S)Sc2ccc([N+](=O)[O-])cc2[N+](=O)[O-])n1. The lowest BCUT2D eigenvalue weighted by Crippen LogP contribution is -2.22. The number of thioether (sulfide) groups is 1. The van der Waals surface area contributed by atoms with Gasteiger partial charge >= 0.3 is 0 Å². The van der Waals surface area contributed by atoms with Gasteiger partial charge in [-0.1, -0.05) is 30.0 Å². The van der Waals surface area contributed by atoms with Crippen molar-refractivity contribution in [3.63, 3.8) is 0 Å². The largest absolute Gasteiger partial charge is 0.481 e. The maximum atomic E-state index is 11.2. The number of pyridine rings is 1. The molecule has 0 aliphatic heterocycles. The summed E-state index contributed by atoms with van der Waals surface area (Å²) in [4.78, 5) is 26.6. The molecule has 0 saturated heterocycles. The second kappa shape index (κ2) is 7.85. The van der Waals surface area contributed by atoms with E-state index in [1.165, 1.54) is 19.2 Å². The van der Waals surface area contributed by atoms with Crippen LogP contribution in [0, 0.1) is 20.2 Å². The van der Waals surface area contributed by atoms with Crippen molar-refractivity contribution in [2.24, 2.45) is 0 Å². The van der Waals surface area contributed by atoms with Gasteiger partial charge in [0.1, 0.15) is 10.1 Å². The van der Waals surface area contributed by atoms with Crippen LogP contribution in [0.1, 0.15) is 0 Å². The molecule has 0 spiro atoms. The van der Waals surface area contributed by atoms with Crippen molar-refractivity contribution in [3.05, 3.63) is 56.6 Å². The van der Waals surface area contributed by atoms with E-state index >= 15 is 0 Å². The first-order valence-corrected chi connectivity index (χ1v) is 7.95. The first kappa shape index (κ1) is 18.5. The molecule has 2 aromatic rings. The van der Waals surface area contributed by atoms with Crippen molar-refractivity contribution >= 4 is 45.5 Å². The van der Waals surface area contributed by atoms with Crippen molar-refractivity contribution in [1.82, 2.24) is 4.98 Å². The third-order valence-electron chi connectivity index (χ3n) is 3.08. The van der Waals surface area contributed by atoms with Gasteiger partial charge in [0.2, 0.25) is 5.88 Å². The number of anilines is 1. The summed E-state index contributed by atoms with van der Waals surface area (Å²) in [6.45, 7) is 0. The Balaban J connectivity index is 2.27. The molecule has 2 rings (SSSR count). The fraction of sp³-hybridized carbons (Fsp3) is 0.143. The number of benzene rings is 1. The van der Waals surface area contributed by atoms with Crippen molar-refractivity contribution < 1.29 is 14.6 Å². The summed E-state index contributed by atoms with van der Waals surface area (Å²) in [6.07, 6.45) is 0. The number of nitro groups is 2. The third kappa shape index (κ3) is 4.39. The molecular formula is C14H12N4O5S2. The van der Waals surface area contributed by atoms with Crippen LogP contribution in [0.3, 0.4) is 0 Å². The summed E-state index contributed by atoms with van der Waals surface area (Å²) in [7, 11) is 3.15. The Morgan fingerprint density at radius 1 is 1.24 bits per heavy atom. The molecule has 0 aliphatic carbocycles. The molecule has 0 fully saturated rings. The predicted octanol–water partition coefficient (Wildman–Crippen LogP) is 3.42. The highest BCUT2D eigenvalue weighted by atomic mass is 32.2. The lowest BCUT2D eigenvalue weighted by Gasteiger charge is -2.18. The van der Waals surface area contributed by atoms with Gasteiger partial charge in [0, 0.05) is 19.2 Å². The molecule has 0 amide bonds. The molecule has 9 nitrogen and oxygen atoms in total. The molecule has 0 radical (unpaired) electrons. The quantitative estimate of drug-likeness (QED) is 0.333. The number of rotatable bonds is 5. The first-order chi connectivity index (χ1) is 11.8. The van der Waals surface area contributed by atoms with Gasteiger partial charge in [-0.3, -0.25) is 20.2 Å². The zero-order chi connectivity index (χ0) is 18.6.